The zero-order chi connectivity index (χ0) is 29.6. The average Bonchev–Trinajstić information content (AvgIpc) is 3.13. The maximum absolute atomic E-state index is 16.8. The monoisotopic (exact) mass is 574 g/mol. The summed E-state index contributed by atoms with van der Waals surface area (Å²) in [6.07, 6.45) is -3.71. The van der Waals surface area contributed by atoms with E-state index in [1.54, 1.807) is 6.92 Å². The van der Waals surface area contributed by atoms with Crippen LogP contribution in [0.25, 0.3) is 22.0 Å². The van der Waals surface area contributed by atoms with Crippen molar-refractivity contribution >= 4 is 28.2 Å². The first-order valence-corrected chi connectivity index (χ1v) is 13.3. The first-order valence-electron chi connectivity index (χ1n) is 13.3. The second-order valence-corrected chi connectivity index (χ2v) is 11.4. The molecule has 4 N–H and O–H groups in total. The fourth-order valence-corrected chi connectivity index (χ4v) is 6.69. The van der Waals surface area contributed by atoms with Crippen molar-refractivity contribution < 1.29 is 31.8 Å². The van der Waals surface area contributed by atoms with Crippen molar-refractivity contribution in [2.24, 2.45) is 0 Å². The Kier molecular flexibility index (Phi) is 6.04. The fraction of sp³-hybridized carbons (Fsp3) is 0.464. The van der Waals surface area contributed by atoms with E-state index in [1.807, 2.05) is 6.92 Å². The number of nitrogens with two attached hydrogens (primary N) is 1. The molecule has 2 fully saturated rings. The largest absolute Gasteiger partial charge is 0.573 e. The van der Waals surface area contributed by atoms with E-state index in [9.17, 15) is 18.0 Å². The Labute approximate surface area is 233 Å². The van der Waals surface area contributed by atoms with Gasteiger partial charge in [-0.25, -0.2) is 14.4 Å². The number of nitrogen functional groups attached to an aromatic ring is 1. The summed E-state index contributed by atoms with van der Waals surface area (Å²) in [6, 6.07) is 2.30. The summed E-state index contributed by atoms with van der Waals surface area (Å²) in [5.41, 5.74) is 5.36. The van der Waals surface area contributed by atoms with Gasteiger partial charge in [-0.15, -0.1) is 13.2 Å². The van der Waals surface area contributed by atoms with Crippen LogP contribution in [0.4, 0.5) is 29.1 Å². The SMILES string of the molecule is CNC(=O)c1nc2c3c(nc(-c4cc(N)cc(C)c4OC(F)(F)F)c(F)c3c1C)OC(C)C1C3CCC(C)(CN21)N3. The van der Waals surface area contributed by atoms with Gasteiger partial charge < -0.3 is 30.7 Å². The van der Waals surface area contributed by atoms with Crippen LogP contribution in [0.5, 0.6) is 11.6 Å². The molecule has 1 aromatic carbocycles. The van der Waals surface area contributed by atoms with Crippen molar-refractivity contribution in [2.75, 3.05) is 24.2 Å². The third-order valence-corrected chi connectivity index (χ3v) is 8.37. The summed E-state index contributed by atoms with van der Waals surface area (Å²) < 4.78 is 67.8. The maximum Gasteiger partial charge on any atom is 0.573 e. The Morgan fingerprint density at radius 1 is 1.27 bits per heavy atom. The highest BCUT2D eigenvalue weighted by Crippen LogP contribution is 2.48. The minimum atomic E-state index is -5.05. The first kappa shape index (κ1) is 27.3. The Balaban J connectivity index is 1.70. The van der Waals surface area contributed by atoms with Crippen LogP contribution in [-0.4, -0.2) is 59.6 Å². The molecule has 6 rings (SSSR count). The minimum absolute atomic E-state index is 0.00291. The van der Waals surface area contributed by atoms with E-state index in [4.69, 9.17) is 15.5 Å². The van der Waals surface area contributed by atoms with Crippen LogP contribution in [0.15, 0.2) is 12.1 Å². The molecule has 0 radical (unpaired) electrons. The standard InChI is InChI=1S/C28H30F4N6O3/c1-11-8-14(33)9-15(23(11)41-28(30,31)32)21-19(29)17-12(2)20(25(39)34-5)35-24-18(17)26(36-21)40-13(3)22-16-6-7-27(4,37-16)10-38(22)24/h8-9,13,16,22,37H,6-7,10,33H2,1-5H3,(H,34,39). The number of aromatic nitrogens is 2. The van der Waals surface area contributed by atoms with Crippen molar-refractivity contribution in [1.82, 2.24) is 20.6 Å². The van der Waals surface area contributed by atoms with Gasteiger partial charge in [0.2, 0.25) is 5.88 Å². The van der Waals surface area contributed by atoms with Gasteiger partial charge in [0.25, 0.3) is 5.91 Å². The van der Waals surface area contributed by atoms with Gasteiger partial charge in [-0.2, -0.15) is 0 Å². The Hall–Kier alpha value is -3.87. The molecule has 2 saturated heterocycles. The van der Waals surface area contributed by atoms with Crippen LogP contribution in [-0.2, 0) is 0 Å². The number of amides is 1. The molecule has 41 heavy (non-hydrogen) atoms. The van der Waals surface area contributed by atoms with Crippen molar-refractivity contribution in [3.63, 3.8) is 0 Å². The number of pyridine rings is 2. The van der Waals surface area contributed by atoms with E-state index in [1.165, 1.54) is 26.1 Å². The summed E-state index contributed by atoms with van der Waals surface area (Å²) in [6.45, 7) is 7.43. The van der Waals surface area contributed by atoms with Crippen molar-refractivity contribution in [3.05, 3.63) is 34.8 Å². The molecule has 9 nitrogen and oxygen atoms in total. The molecule has 13 heteroatoms. The molecule has 4 unspecified atom stereocenters. The van der Waals surface area contributed by atoms with Crippen LogP contribution in [0.1, 0.15) is 48.3 Å². The van der Waals surface area contributed by atoms with Crippen LogP contribution in [0, 0.1) is 19.7 Å². The summed E-state index contributed by atoms with van der Waals surface area (Å²) in [5.74, 6) is -1.74. The van der Waals surface area contributed by atoms with Gasteiger partial charge in [-0.05, 0) is 63.8 Å². The molecule has 218 valence electrons. The number of carbonyl (C=O) groups is 1. The number of fused-ring (bicyclic) bond motifs is 5. The molecule has 3 aliphatic rings. The first-order chi connectivity index (χ1) is 19.2. The number of ether oxygens (including phenoxy) is 2. The predicted molar refractivity (Wildman–Crippen MR) is 145 cm³/mol. The van der Waals surface area contributed by atoms with E-state index in [0.29, 0.717) is 12.4 Å². The normalized spacial score (nSPS) is 25.0. The maximum atomic E-state index is 16.8. The highest BCUT2D eigenvalue weighted by molar-refractivity contribution is 6.07. The lowest BCUT2D eigenvalue weighted by Gasteiger charge is -2.46. The van der Waals surface area contributed by atoms with E-state index < -0.39 is 35.6 Å². The van der Waals surface area contributed by atoms with Crippen molar-refractivity contribution in [3.8, 4) is 22.9 Å². The highest BCUT2D eigenvalue weighted by Gasteiger charge is 2.51. The van der Waals surface area contributed by atoms with Gasteiger partial charge >= 0.3 is 6.36 Å². The van der Waals surface area contributed by atoms with E-state index in [-0.39, 0.29) is 62.3 Å². The molecule has 5 heterocycles. The van der Waals surface area contributed by atoms with Crippen LogP contribution < -0.4 is 30.7 Å². The molecule has 2 bridgehead atoms. The topological polar surface area (TPSA) is 115 Å². The van der Waals surface area contributed by atoms with Gasteiger partial charge in [0, 0.05) is 41.8 Å². The number of nitrogens with zero attached hydrogens (tertiary/aromatic N) is 3. The minimum Gasteiger partial charge on any atom is -0.472 e. The number of carbonyl (C=O) groups excluding carboxylic acids is 1. The van der Waals surface area contributed by atoms with E-state index in [0.717, 1.165) is 12.8 Å². The van der Waals surface area contributed by atoms with E-state index in [2.05, 4.69) is 32.2 Å². The molecular formula is C28H30F4N6O3. The molecule has 0 saturated carbocycles. The number of aryl methyl sites for hydroxylation is 2. The number of anilines is 2. The molecule has 3 aromatic rings. The lowest BCUT2D eigenvalue weighted by Crippen LogP contribution is -2.66. The number of piperazine rings is 1. The smallest absolute Gasteiger partial charge is 0.472 e. The van der Waals surface area contributed by atoms with Crippen LogP contribution in [0.2, 0.25) is 0 Å². The predicted octanol–water partition coefficient (Wildman–Crippen LogP) is 4.37. The molecule has 0 spiro atoms. The Morgan fingerprint density at radius 2 is 2.00 bits per heavy atom. The molecule has 4 atom stereocenters. The zero-order valence-electron chi connectivity index (χ0n) is 23.2. The molecule has 3 aliphatic heterocycles. The van der Waals surface area contributed by atoms with Gasteiger partial charge in [0.15, 0.2) is 5.82 Å². The number of hydrogen-bond donors (Lipinski definition) is 3. The van der Waals surface area contributed by atoms with Gasteiger partial charge in [-0.3, -0.25) is 4.79 Å². The zero-order valence-corrected chi connectivity index (χ0v) is 23.2. The Bertz CT molecular complexity index is 1610. The highest BCUT2D eigenvalue weighted by atomic mass is 19.4. The van der Waals surface area contributed by atoms with Crippen LogP contribution in [0.3, 0.4) is 0 Å². The Morgan fingerprint density at radius 3 is 2.68 bits per heavy atom. The van der Waals surface area contributed by atoms with Crippen molar-refractivity contribution in [2.45, 2.75) is 70.6 Å². The summed E-state index contributed by atoms with van der Waals surface area (Å²) in [7, 11) is 1.45. The number of halogens is 4. The number of benzene rings is 1. The number of nitrogens with one attached hydrogen (secondary N) is 2. The number of hydrogen-bond acceptors (Lipinski definition) is 8. The second-order valence-electron chi connectivity index (χ2n) is 11.4. The summed E-state index contributed by atoms with van der Waals surface area (Å²) in [4.78, 5) is 24.3. The number of alkyl halides is 3. The fourth-order valence-electron chi connectivity index (χ4n) is 6.69. The number of rotatable bonds is 3. The van der Waals surface area contributed by atoms with Crippen molar-refractivity contribution in [1.29, 1.82) is 0 Å². The second kappa shape index (κ2) is 9.07. The average molecular weight is 575 g/mol. The van der Waals surface area contributed by atoms with Crippen LogP contribution >= 0.6 is 0 Å². The quantitative estimate of drug-likeness (QED) is 0.312. The molecule has 2 aromatic heterocycles. The summed E-state index contributed by atoms with van der Waals surface area (Å²) in [5, 5.41) is 6.47. The van der Waals surface area contributed by atoms with Gasteiger partial charge in [-0.1, -0.05) is 0 Å². The molecule has 1 amide bonds. The molecule has 0 aliphatic carbocycles. The van der Waals surface area contributed by atoms with E-state index >= 15 is 4.39 Å². The molecular weight excluding hydrogens is 544 g/mol. The third kappa shape index (κ3) is 4.28. The lowest BCUT2D eigenvalue weighted by atomic mass is 9.95. The lowest BCUT2D eigenvalue weighted by molar-refractivity contribution is -0.274. The third-order valence-electron chi connectivity index (χ3n) is 8.37. The summed E-state index contributed by atoms with van der Waals surface area (Å²) >= 11 is 0. The van der Waals surface area contributed by atoms with Gasteiger partial charge in [0.05, 0.1) is 11.4 Å². The van der Waals surface area contributed by atoms with Gasteiger partial charge in [0.1, 0.15) is 29.1 Å².